The molecule has 2 amide bonds. The van der Waals surface area contributed by atoms with Crippen molar-refractivity contribution in [3.8, 4) is 0 Å². The van der Waals surface area contributed by atoms with E-state index in [0.29, 0.717) is 12.8 Å². The van der Waals surface area contributed by atoms with Crippen LogP contribution < -0.4 is 5.32 Å². The Morgan fingerprint density at radius 3 is 2.45 bits per heavy atom. The number of amides is 2. The SMILES string of the molecule is COC(=O)C1CCCCCC1NC(=O)N(C)CCC(F)(F)F. The molecule has 1 saturated carbocycles. The highest BCUT2D eigenvalue weighted by Gasteiger charge is 2.33. The van der Waals surface area contributed by atoms with Crippen LogP contribution in [0.5, 0.6) is 0 Å². The van der Waals surface area contributed by atoms with Crippen LogP contribution in [0.25, 0.3) is 0 Å². The van der Waals surface area contributed by atoms with Gasteiger partial charge < -0.3 is 15.0 Å². The van der Waals surface area contributed by atoms with Crippen molar-refractivity contribution in [2.24, 2.45) is 5.92 Å². The second-order valence-corrected chi connectivity index (χ2v) is 5.61. The van der Waals surface area contributed by atoms with E-state index >= 15 is 0 Å². The minimum absolute atomic E-state index is 0.384. The Kier molecular flexibility index (Phi) is 6.96. The molecule has 1 N–H and O–H groups in total. The van der Waals surface area contributed by atoms with Crippen LogP contribution >= 0.6 is 0 Å². The number of rotatable bonds is 4. The molecule has 0 bridgehead atoms. The monoisotopic (exact) mass is 324 g/mol. The number of alkyl halides is 3. The van der Waals surface area contributed by atoms with Gasteiger partial charge in [0.25, 0.3) is 0 Å². The third-order valence-corrected chi connectivity index (χ3v) is 3.91. The first-order chi connectivity index (χ1) is 10.2. The predicted octanol–water partition coefficient (Wildman–Crippen LogP) is 2.70. The van der Waals surface area contributed by atoms with Crippen LogP contribution in [-0.2, 0) is 9.53 Å². The standard InChI is InChI=1S/C14H23F3N2O3/c1-19(9-8-14(15,16)17)13(21)18-11-7-5-3-4-6-10(11)12(20)22-2/h10-11H,3-9H2,1-2H3,(H,18,21). The summed E-state index contributed by atoms with van der Waals surface area (Å²) in [6, 6.07) is -0.985. The minimum atomic E-state index is -4.30. The van der Waals surface area contributed by atoms with Gasteiger partial charge in [0.15, 0.2) is 0 Å². The third kappa shape index (κ3) is 6.11. The van der Waals surface area contributed by atoms with Gasteiger partial charge in [-0.1, -0.05) is 19.3 Å². The zero-order valence-electron chi connectivity index (χ0n) is 12.9. The van der Waals surface area contributed by atoms with E-state index < -0.39 is 37.1 Å². The summed E-state index contributed by atoms with van der Waals surface area (Å²) in [6.07, 6.45) is -1.42. The molecule has 0 radical (unpaired) electrons. The van der Waals surface area contributed by atoms with Gasteiger partial charge in [0.1, 0.15) is 0 Å². The molecule has 0 aliphatic heterocycles. The minimum Gasteiger partial charge on any atom is -0.469 e. The Bertz CT molecular complexity index is 388. The normalized spacial score (nSPS) is 22.6. The van der Waals surface area contributed by atoms with Gasteiger partial charge in [0, 0.05) is 19.6 Å². The van der Waals surface area contributed by atoms with Crippen molar-refractivity contribution in [1.29, 1.82) is 0 Å². The molecule has 0 aromatic carbocycles. The number of halogens is 3. The molecule has 22 heavy (non-hydrogen) atoms. The maximum Gasteiger partial charge on any atom is 0.390 e. The molecule has 5 nitrogen and oxygen atoms in total. The van der Waals surface area contributed by atoms with E-state index in [0.717, 1.165) is 24.2 Å². The van der Waals surface area contributed by atoms with Gasteiger partial charge in [0.05, 0.1) is 19.4 Å². The second-order valence-electron chi connectivity index (χ2n) is 5.61. The first-order valence-corrected chi connectivity index (χ1v) is 7.41. The summed E-state index contributed by atoms with van der Waals surface area (Å²) in [4.78, 5) is 24.8. The van der Waals surface area contributed by atoms with Crippen LogP contribution in [0.2, 0.25) is 0 Å². The summed E-state index contributed by atoms with van der Waals surface area (Å²) >= 11 is 0. The number of carbonyl (C=O) groups excluding carboxylic acids is 2. The van der Waals surface area contributed by atoms with E-state index in [9.17, 15) is 22.8 Å². The number of nitrogens with zero attached hydrogens (tertiary/aromatic N) is 1. The van der Waals surface area contributed by atoms with E-state index in [1.165, 1.54) is 14.2 Å². The molecule has 2 atom stereocenters. The predicted molar refractivity (Wildman–Crippen MR) is 74.2 cm³/mol. The molecule has 0 saturated heterocycles. The van der Waals surface area contributed by atoms with E-state index in [-0.39, 0.29) is 5.97 Å². The number of ether oxygens (including phenoxy) is 1. The van der Waals surface area contributed by atoms with Crippen molar-refractivity contribution in [2.45, 2.75) is 50.7 Å². The van der Waals surface area contributed by atoms with Gasteiger partial charge in [0.2, 0.25) is 0 Å². The number of methoxy groups -OCH3 is 1. The molecule has 1 aliphatic rings. The zero-order chi connectivity index (χ0) is 16.8. The summed E-state index contributed by atoms with van der Waals surface area (Å²) in [5.41, 5.74) is 0. The first kappa shape index (κ1) is 18.6. The van der Waals surface area contributed by atoms with E-state index in [1.54, 1.807) is 0 Å². The number of esters is 1. The van der Waals surface area contributed by atoms with Gasteiger partial charge in [-0.2, -0.15) is 13.2 Å². The topological polar surface area (TPSA) is 58.6 Å². The van der Waals surface area contributed by atoms with E-state index in [4.69, 9.17) is 4.74 Å². The second kappa shape index (κ2) is 8.24. The third-order valence-electron chi connectivity index (χ3n) is 3.91. The lowest BCUT2D eigenvalue weighted by Crippen LogP contribution is -2.48. The Morgan fingerprint density at radius 2 is 1.86 bits per heavy atom. The van der Waals surface area contributed by atoms with E-state index in [1.807, 2.05) is 0 Å². The molecule has 0 aromatic rings. The fourth-order valence-corrected chi connectivity index (χ4v) is 2.58. The van der Waals surface area contributed by atoms with Crippen LogP contribution in [0.15, 0.2) is 0 Å². The van der Waals surface area contributed by atoms with Crippen LogP contribution in [0, 0.1) is 5.92 Å². The number of hydrogen-bond donors (Lipinski definition) is 1. The fraction of sp³-hybridized carbons (Fsp3) is 0.857. The molecule has 0 heterocycles. The molecule has 1 rings (SSSR count). The van der Waals surface area contributed by atoms with Gasteiger partial charge in [-0.3, -0.25) is 4.79 Å². The lowest BCUT2D eigenvalue weighted by atomic mass is 9.95. The quantitative estimate of drug-likeness (QED) is 0.639. The van der Waals surface area contributed by atoms with Crippen LogP contribution in [-0.4, -0.2) is 49.8 Å². The molecular weight excluding hydrogens is 301 g/mol. The fourth-order valence-electron chi connectivity index (χ4n) is 2.58. The molecular formula is C14H23F3N2O3. The molecule has 1 aliphatic carbocycles. The van der Waals surface area contributed by atoms with Gasteiger partial charge in [-0.05, 0) is 12.8 Å². The average Bonchev–Trinajstić information content (AvgIpc) is 2.68. The molecule has 0 aromatic heterocycles. The number of urea groups is 1. The van der Waals surface area contributed by atoms with Crippen molar-refractivity contribution < 1.29 is 27.5 Å². The van der Waals surface area contributed by atoms with Crippen molar-refractivity contribution in [3.63, 3.8) is 0 Å². The first-order valence-electron chi connectivity index (χ1n) is 7.41. The molecule has 2 unspecified atom stereocenters. The lowest BCUT2D eigenvalue weighted by Gasteiger charge is -2.27. The lowest BCUT2D eigenvalue weighted by molar-refractivity contribution is -0.146. The van der Waals surface area contributed by atoms with Crippen LogP contribution in [0.1, 0.15) is 38.5 Å². The average molecular weight is 324 g/mol. The number of hydrogen-bond acceptors (Lipinski definition) is 3. The van der Waals surface area contributed by atoms with Gasteiger partial charge >= 0.3 is 18.2 Å². The Hall–Kier alpha value is -1.47. The van der Waals surface area contributed by atoms with Crippen molar-refractivity contribution in [2.75, 3.05) is 20.7 Å². The van der Waals surface area contributed by atoms with Crippen molar-refractivity contribution in [1.82, 2.24) is 10.2 Å². The maximum absolute atomic E-state index is 12.2. The summed E-state index contributed by atoms with van der Waals surface area (Å²) in [5.74, 6) is -0.822. The van der Waals surface area contributed by atoms with Gasteiger partial charge in [-0.25, -0.2) is 4.79 Å². The largest absolute Gasteiger partial charge is 0.469 e. The summed E-state index contributed by atoms with van der Waals surface area (Å²) in [7, 11) is 2.60. The molecule has 1 fully saturated rings. The maximum atomic E-state index is 12.2. The number of carbonyl (C=O) groups is 2. The summed E-state index contributed by atoms with van der Waals surface area (Å²) < 4.78 is 41.3. The number of nitrogens with one attached hydrogen (secondary N) is 1. The van der Waals surface area contributed by atoms with Crippen LogP contribution in [0.4, 0.5) is 18.0 Å². The zero-order valence-corrected chi connectivity index (χ0v) is 12.9. The summed E-state index contributed by atoms with van der Waals surface area (Å²) in [6.45, 7) is -0.412. The molecule has 8 heteroatoms. The van der Waals surface area contributed by atoms with Crippen molar-refractivity contribution >= 4 is 12.0 Å². The highest BCUT2D eigenvalue weighted by Crippen LogP contribution is 2.25. The highest BCUT2D eigenvalue weighted by atomic mass is 19.4. The molecule has 128 valence electrons. The van der Waals surface area contributed by atoms with Crippen molar-refractivity contribution in [3.05, 3.63) is 0 Å². The van der Waals surface area contributed by atoms with E-state index in [2.05, 4.69) is 5.32 Å². The van der Waals surface area contributed by atoms with Gasteiger partial charge in [-0.15, -0.1) is 0 Å². The Morgan fingerprint density at radius 1 is 1.23 bits per heavy atom. The molecule has 0 spiro atoms. The highest BCUT2D eigenvalue weighted by molar-refractivity contribution is 5.77. The Balaban J connectivity index is 2.60. The summed E-state index contributed by atoms with van der Waals surface area (Å²) in [5, 5.41) is 2.68. The van der Waals surface area contributed by atoms with Crippen LogP contribution in [0.3, 0.4) is 0 Å². The Labute approximate surface area is 128 Å². The smallest absolute Gasteiger partial charge is 0.390 e.